The number of halogens is 3. The van der Waals surface area contributed by atoms with Crippen molar-refractivity contribution in [3.63, 3.8) is 0 Å². The summed E-state index contributed by atoms with van der Waals surface area (Å²) in [5.74, 6) is -3.92. The van der Waals surface area contributed by atoms with Crippen LogP contribution in [0, 0.1) is 23.5 Å². The van der Waals surface area contributed by atoms with E-state index in [4.69, 9.17) is 0 Å². The Hall–Kier alpha value is -2.03. The second kappa shape index (κ2) is 3.48. The molecule has 0 amide bonds. The lowest BCUT2D eigenvalue weighted by Gasteiger charge is -2.05. The summed E-state index contributed by atoms with van der Waals surface area (Å²) in [4.78, 5) is 0. The van der Waals surface area contributed by atoms with Crippen LogP contribution in [0.3, 0.4) is 0 Å². The third kappa shape index (κ3) is 1.39. The third-order valence-electron chi connectivity index (χ3n) is 2.78. The highest BCUT2D eigenvalue weighted by molar-refractivity contribution is 6.07. The number of hydrogen-bond acceptors (Lipinski definition) is 0. The van der Waals surface area contributed by atoms with Crippen molar-refractivity contribution in [1.82, 2.24) is 0 Å². The Balaban J connectivity index is 2.62. The van der Waals surface area contributed by atoms with Gasteiger partial charge in [0.15, 0.2) is 17.5 Å². The normalized spacial score (nSPS) is 11.2. The molecule has 0 aromatic heterocycles. The second-order valence-electron chi connectivity index (χ2n) is 3.78. The average Bonchev–Trinajstić information content (AvgIpc) is 2.35. The van der Waals surface area contributed by atoms with Crippen LogP contribution in [0.25, 0.3) is 21.5 Å². The van der Waals surface area contributed by atoms with Gasteiger partial charge in [0.25, 0.3) is 0 Å². The van der Waals surface area contributed by atoms with E-state index in [2.05, 4.69) is 6.07 Å². The minimum absolute atomic E-state index is 0.0713. The van der Waals surface area contributed by atoms with E-state index in [0.717, 1.165) is 5.39 Å². The summed E-state index contributed by atoms with van der Waals surface area (Å²) < 4.78 is 40.0. The molecule has 0 nitrogen and oxygen atoms in total. The number of rotatable bonds is 0. The predicted molar refractivity (Wildman–Crippen MR) is 60.2 cm³/mol. The van der Waals surface area contributed by atoms with E-state index in [9.17, 15) is 13.2 Å². The lowest BCUT2D eigenvalue weighted by atomic mass is 10.0. The zero-order valence-electron chi connectivity index (χ0n) is 8.60. The molecule has 3 aromatic rings. The molecular formula is C14H6F3. The molecule has 0 saturated carbocycles. The molecule has 3 heteroatoms. The first kappa shape index (κ1) is 10.1. The molecular weight excluding hydrogens is 225 g/mol. The lowest BCUT2D eigenvalue weighted by molar-refractivity contribution is 0.453. The van der Waals surface area contributed by atoms with Crippen LogP contribution in [0.2, 0.25) is 0 Å². The molecule has 3 rings (SSSR count). The second-order valence-corrected chi connectivity index (χ2v) is 3.78. The topological polar surface area (TPSA) is 0 Å². The molecule has 0 spiro atoms. The highest BCUT2D eigenvalue weighted by atomic mass is 19.2. The SMILES string of the molecule is Fc1[c]c2ccc3ccccc3c2c(F)c1F. The monoisotopic (exact) mass is 231 g/mol. The fourth-order valence-corrected chi connectivity index (χ4v) is 1.99. The molecule has 3 aromatic carbocycles. The standard InChI is InChI=1S/C14H6F3/c15-11-7-9-6-5-8-3-1-2-4-10(8)12(9)14(17)13(11)16/h1-6H. The van der Waals surface area contributed by atoms with E-state index >= 15 is 0 Å². The Kier molecular flexibility index (Phi) is 2.08. The molecule has 17 heavy (non-hydrogen) atoms. The van der Waals surface area contributed by atoms with Gasteiger partial charge in [-0.05, 0) is 16.2 Å². The number of fused-ring (bicyclic) bond motifs is 3. The van der Waals surface area contributed by atoms with Gasteiger partial charge in [-0.1, -0.05) is 36.4 Å². The van der Waals surface area contributed by atoms with Crippen molar-refractivity contribution in [2.45, 2.75) is 0 Å². The summed E-state index contributed by atoms with van der Waals surface area (Å²) in [6.45, 7) is 0. The van der Waals surface area contributed by atoms with Crippen LogP contribution in [-0.2, 0) is 0 Å². The molecule has 0 atom stereocenters. The van der Waals surface area contributed by atoms with Crippen LogP contribution < -0.4 is 0 Å². The fourth-order valence-electron chi connectivity index (χ4n) is 1.99. The van der Waals surface area contributed by atoms with Crippen LogP contribution in [0.1, 0.15) is 0 Å². The molecule has 1 radical (unpaired) electrons. The zero-order chi connectivity index (χ0) is 12.0. The summed E-state index contributed by atoms with van der Waals surface area (Å²) >= 11 is 0. The first-order chi connectivity index (χ1) is 8.18. The van der Waals surface area contributed by atoms with Crippen LogP contribution in [0.5, 0.6) is 0 Å². The molecule has 0 aliphatic rings. The lowest BCUT2D eigenvalue weighted by Crippen LogP contribution is -1.93. The van der Waals surface area contributed by atoms with Crippen molar-refractivity contribution >= 4 is 21.5 Å². The van der Waals surface area contributed by atoms with Gasteiger partial charge in [0.05, 0.1) is 0 Å². The molecule has 0 heterocycles. The Morgan fingerprint density at radius 2 is 1.59 bits per heavy atom. The maximum absolute atomic E-state index is 13.8. The van der Waals surface area contributed by atoms with E-state index in [0.29, 0.717) is 5.39 Å². The van der Waals surface area contributed by atoms with Gasteiger partial charge in [0.1, 0.15) is 0 Å². The molecule has 0 unspecified atom stereocenters. The van der Waals surface area contributed by atoms with Crippen LogP contribution >= 0.6 is 0 Å². The Morgan fingerprint density at radius 3 is 2.41 bits per heavy atom. The van der Waals surface area contributed by atoms with Crippen molar-refractivity contribution in [2.24, 2.45) is 0 Å². The average molecular weight is 231 g/mol. The van der Waals surface area contributed by atoms with Gasteiger partial charge in [-0.15, -0.1) is 0 Å². The Bertz CT molecular complexity index is 732. The van der Waals surface area contributed by atoms with Gasteiger partial charge in [-0.2, -0.15) is 0 Å². The van der Waals surface area contributed by atoms with E-state index in [-0.39, 0.29) is 10.8 Å². The molecule has 0 aliphatic heterocycles. The van der Waals surface area contributed by atoms with Gasteiger partial charge >= 0.3 is 0 Å². The van der Waals surface area contributed by atoms with Gasteiger partial charge in [-0.3, -0.25) is 0 Å². The van der Waals surface area contributed by atoms with E-state index < -0.39 is 17.5 Å². The highest BCUT2D eigenvalue weighted by Crippen LogP contribution is 2.29. The van der Waals surface area contributed by atoms with Crippen molar-refractivity contribution in [3.8, 4) is 0 Å². The van der Waals surface area contributed by atoms with Crippen LogP contribution in [-0.4, -0.2) is 0 Å². The summed E-state index contributed by atoms with van der Waals surface area (Å²) in [5, 5.41) is 1.64. The summed E-state index contributed by atoms with van der Waals surface area (Å²) in [7, 11) is 0. The van der Waals surface area contributed by atoms with Gasteiger partial charge < -0.3 is 0 Å². The molecule has 83 valence electrons. The summed E-state index contributed by atoms with van der Waals surface area (Å²) in [5.41, 5.74) is 0. The van der Waals surface area contributed by atoms with E-state index in [1.807, 2.05) is 0 Å². The molecule has 0 bridgehead atoms. The van der Waals surface area contributed by atoms with Crippen molar-refractivity contribution in [1.29, 1.82) is 0 Å². The van der Waals surface area contributed by atoms with Crippen molar-refractivity contribution < 1.29 is 13.2 Å². The van der Waals surface area contributed by atoms with Gasteiger partial charge in [0.2, 0.25) is 0 Å². The van der Waals surface area contributed by atoms with Gasteiger partial charge in [0, 0.05) is 11.5 Å². The van der Waals surface area contributed by atoms with Crippen molar-refractivity contribution in [2.75, 3.05) is 0 Å². The van der Waals surface area contributed by atoms with Crippen molar-refractivity contribution in [3.05, 3.63) is 59.9 Å². The largest absolute Gasteiger partial charge is 0.203 e. The first-order valence-electron chi connectivity index (χ1n) is 5.05. The maximum Gasteiger partial charge on any atom is 0.195 e. The third-order valence-corrected chi connectivity index (χ3v) is 2.78. The van der Waals surface area contributed by atoms with Gasteiger partial charge in [-0.25, -0.2) is 13.2 Å². The molecule has 0 aliphatic carbocycles. The Morgan fingerprint density at radius 1 is 0.824 bits per heavy atom. The maximum atomic E-state index is 13.8. The van der Waals surface area contributed by atoms with E-state index in [1.54, 1.807) is 30.3 Å². The minimum Gasteiger partial charge on any atom is -0.203 e. The zero-order valence-corrected chi connectivity index (χ0v) is 8.60. The Labute approximate surface area is 95.3 Å². The molecule has 0 N–H and O–H groups in total. The molecule has 0 saturated heterocycles. The quantitative estimate of drug-likeness (QED) is 0.401. The van der Waals surface area contributed by atoms with E-state index in [1.165, 1.54) is 6.07 Å². The minimum atomic E-state index is -1.48. The van der Waals surface area contributed by atoms with Crippen LogP contribution in [0.15, 0.2) is 36.4 Å². The number of hydrogen-bond donors (Lipinski definition) is 0. The number of benzene rings is 3. The fraction of sp³-hybridized carbons (Fsp3) is 0. The summed E-state index contributed by atoms with van der Waals surface area (Å²) in [6, 6.07) is 12.5. The summed E-state index contributed by atoms with van der Waals surface area (Å²) in [6.07, 6.45) is 0. The molecule has 0 fully saturated rings. The first-order valence-corrected chi connectivity index (χ1v) is 5.05. The smallest absolute Gasteiger partial charge is 0.195 e. The van der Waals surface area contributed by atoms with Crippen LogP contribution in [0.4, 0.5) is 13.2 Å². The predicted octanol–water partition coefficient (Wildman–Crippen LogP) is 4.21. The highest BCUT2D eigenvalue weighted by Gasteiger charge is 2.15.